The summed E-state index contributed by atoms with van der Waals surface area (Å²) in [7, 11) is 0. The molecule has 16 heavy (non-hydrogen) atoms. The second kappa shape index (κ2) is 3.73. The predicted octanol–water partition coefficient (Wildman–Crippen LogP) is 1.01. The van der Waals surface area contributed by atoms with E-state index in [4.69, 9.17) is 0 Å². The first-order valence-corrected chi connectivity index (χ1v) is 4.36. The van der Waals surface area contributed by atoms with Crippen LogP contribution in [0.2, 0.25) is 0 Å². The zero-order valence-electron chi connectivity index (χ0n) is 7.88. The highest BCUT2D eigenvalue weighted by atomic mass is 19.2. The van der Waals surface area contributed by atoms with Crippen molar-refractivity contribution >= 4 is 0 Å². The molecule has 0 aliphatic rings. The number of hydrogen-bond acceptors (Lipinski definition) is 2. The maximum absolute atomic E-state index is 13.3. The average molecular weight is 224 g/mol. The molecule has 0 spiro atoms. The van der Waals surface area contributed by atoms with Crippen molar-refractivity contribution in [1.29, 1.82) is 0 Å². The number of aromatic amines is 2. The van der Waals surface area contributed by atoms with Crippen molar-refractivity contribution in [2.75, 3.05) is 0 Å². The van der Waals surface area contributed by atoms with Gasteiger partial charge in [0.05, 0.1) is 5.69 Å². The Hall–Kier alpha value is -2.24. The summed E-state index contributed by atoms with van der Waals surface area (Å²) in [6.45, 7) is 0. The Labute approximate surface area is 87.6 Å². The Balaban J connectivity index is 2.72. The highest BCUT2D eigenvalue weighted by Crippen LogP contribution is 2.20. The third-order valence-corrected chi connectivity index (χ3v) is 2.00. The van der Waals surface area contributed by atoms with E-state index in [0.717, 1.165) is 12.1 Å². The van der Waals surface area contributed by atoms with Gasteiger partial charge in [0.2, 0.25) is 0 Å². The molecule has 1 aromatic heterocycles. The summed E-state index contributed by atoms with van der Waals surface area (Å²) in [5.41, 5.74) is -1.68. The standard InChI is InChI=1S/C10H6F2N2O2/c11-6-3-1-2-5(9(6)12)7-4-8(15)14-10(16)13-7/h1-4H,(H2,13,14,15,16). The highest BCUT2D eigenvalue weighted by molar-refractivity contribution is 5.59. The molecule has 0 aliphatic heterocycles. The van der Waals surface area contributed by atoms with Crippen molar-refractivity contribution < 1.29 is 8.78 Å². The molecule has 0 fully saturated rings. The molecule has 6 heteroatoms. The molecule has 82 valence electrons. The van der Waals surface area contributed by atoms with Gasteiger partial charge in [-0.2, -0.15) is 0 Å². The number of nitrogens with one attached hydrogen (secondary N) is 2. The monoisotopic (exact) mass is 224 g/mol. The van der Waals surface area contributed by atoms with Crippen LogP contribution in [0.25, 0.3) is 11.3 Å². The van der Waals surface area contributed by atoms with Crippen LogP contribution < -0.4 is 11.2 Å². The zero-order valence-corrected chi connectivity index (χ0v) is 7.88. The topological polar surface area (TPSA) is 65.7 Å². The Morgan fingerprint density at radius 1 is 1.06 bits per heavy atom. The van der Waals surface area contributed by atoms with E-state index in [9.17, 15) is 18.4 Å². The summed E-state index contributed by atoms with van der Waals surface area (Å²) in [4.78, 5) is 26.1. The first-order chi connectivity index (χ1) is 7.58. The number of halogens is 2. The van der Waals surface area contributed by atoms with Gasteiger partial charge in [0.1, 0.15) is 0 Å². The van der Waals surface area contributed by atoms with Crippen LogP contribution in [-0.4, -0.2) is 9.97 Å². The fourth-order valence-corrected chi connectivity index (χ4v) is 1.33. The van der Waals surface area contributed by atoms with Crippen molar-refractivity contribution in [3.63, 3.8) is 0 Å². The Bertz CT molecular complexity index is 618. The Morgan fingerprint density at radius 2 is 1.81 bits per heavy atom. The molecule has 2 N–H and O–H groups in total. The minimum Gasteiger partial charge on any atom is -0.307 e. The summed E-state index contributed by atoms with van der Waals surface area (Å²) in [6, 6.07) is 4.49. The van der Waals surface area contributed by atoms with Crippen molar-refractivity contribution in [2.24, 2.45) is 0 Å². The third kappa shape index (κ3) is 1.77. The predicted molar refractivity (Wildman–Crippen MR) is 53.0 cm³/mol. The molecule has 0 amide bonds. The van der Waals surface area contributed by atoms with E-state index in [1.54, 1.807) is 0 Å². The van der Waals surface area contributed by atoms with E-state index in [0.29, 0.717) is 0 Å². The van der Waals surface area contributed by atoms with Gasteiger partial charge in [0.25, 0.3) is 5.56 Å². The number of hydrogen-bond donors (Lipinski definition) is 2. The maximum atomic E-state index is 13.3. The molecule has 2 rings (SSSR count). The molecule has 0 bridgehead atoms. The Morgan fingerprint density at radius 3 is 2.50 bits per heavy atom. The van der Waals surface area contributed by atoms with E-state index < -0.39 is 22.9 Å². The molecule has 1 aromatic carbocycles. The lowest BCUT2D eigenvalue weighted by molar-refractivity contribution is 0.511. The van der Waals surface area contributed by atoms with Crippen LogP contribution in [0.15, 0.2) is 33.9 Å². The highest BCUT2D eigenvalue weighted by Gasteiger charge is 2.10. The van der Waals surface area contributed by atoms with E-state index >= 15 is 0 Å². The molecule has 1 heterocycles. The lowest BCUT2D eigenvalue weighted by atomic mass is 10.1. The molecule has 0 radical (unpaired) electrons. The van der Waals surface area contributed by atoms with Crippen molar-refractivity contribution in [1.82, 2.24) is 9.97 Å². The molecular weight excluding hydrogens is 218 g/mol. The van der Waals surface area contributed by atoms with Crippen LogP contribution in [0.4, 0.5) is 8.78 Å². The fraction of sp³-hybridized carbons (Fsp3) is 0. The average Bonchev–Trinajstić information content (AvgIpc) is 2.20. The first-order valence-electron chi connectivity index (χ1n) is 4.36. The minimum absolute atomic E-state index is 0.0641. The van der Waals surface area contributed by atoms with Gasteiger partial charge in [-0.25, -0.2) is 13.6 Å². The lowest BCUT2D eigenvalue weighted by Gasteiger charge is -2.02. The van der Waals surface area contributed by atoms with Gasteiger partial charge in [-0.15, -0.1) is 0 Å². The van der Waals surface area contributed by atoms with Crippen LogP contribution >= 0.6 is 0 Å². The van der Waals surface area contributed by atoms with Crippen LogP contribution in [0.3, 0.4) is 0 Å². The van der Waals surface area contributed by atoms with Gasteiger partial charge < -0.3 is 4.98 Å². The van der Waals surface area contributed by atoms with Gasteiger partial charge >= 0.3 is 5.69 Å². The molecule has 4 nitrogen and oxygen atoms in total. The molecule has 0 unspecified atom stereocenters. The largest absolute Gasteiger partial charge is 0.326 e. The third-order valence-electron chi connectivity index (χ3n) is 2.00. The number of H-pyrrole nitrogens is 2. The summed E-state index contributed by atoms with van der Waals surface area (Å²) in [5.74, 6) is -2.15. The number of aromatic nitrogens is 2. The first kappa shape index (κ1) is 10.3. The van der Waals surface area contributed by atoms with E-state index in [1.807, 2.05) is 4.98 Å². The quantitative estimate of drug-likeness (QED) is 0.759. The smallest absolute Gasteiger partial charge is 0.307 e. The van der Waals surface area contributed by atoms with Crippen LogP contribution in [0.5, 0.6) is 0 Å². The number of benzene rings is 1. The van der Waals surface area contributed by atoms with E-state index in [1.165, 1.54) is 12.1 Å². The summed E-state index contributed by atoms with van der Waals surface area (Å²) in [5, 5.41) is 0. The summed E-state index contributed by atoms with van der Waals surface area (Å²) < 4.78 is 26.3. The lowest BCUT2D eigenvalue weighted by Crippen LogP contribution is -2.21. The molecule has 0 aliphatic carbocycles. The van der Waals surface area contributed by atoms with Crippen LogP contribution in [-0.2, 0) is 0 Å². The Kier molecular flexibility index (Phi) is 2.40. The summed E-state index contributed by atoms with van der Waals surface area (Å²) >= 11 is 0. The molecule has 0 atom stereocenters. The van der Waals surface area contributed by atoms with Gasteiger partial charge in [0, 0.05) is 11.6 Å². The van der Waals surface area contributed by atoms with Gasteiger partial charge in [0.15, 0.2) is 11.6 Å². The zero-order chi connectivity index (χ0) is 11.7. The van der Waals surface area contributed by atoms with Crippen molar-refractivity contribution in [3.8, 4) is 11.3 Å². The SMILES string of the molecule is O=c1cc(-c2cccc(F)c2F)[nH]c(=O)[nH]1. The van der Waals surface area contributed by atoms with Gasteiger partial charge in [-0.05, 0) is 12.1 Å². The van der Waals surface area contributed by atoms with E-state index in [-0.39, 0.29) is 11.3 Å². The van der Waals surface area contributed by atoms with Crippen molar-refractivity contribution in [2.45, 2.75) is 0 Å². The molecule has 0 saturated heterocycles. The second-order valence-corrected chi connectivity index (χ2v) is 3.10. The molecular formula is C10H6F2N2O2. The summed E-state index contributed by atoms with van der Waals surface area (Å²) in [6.07, 6.45) is 0. The number of rotatable bonds is 1. The van der Waals surface area contributed by atoms with Gasteiger partial charge in [-0.3, -0.25) is 9.78 Å². The maximum Gasteiger partial charge on any atom is 0.326 e. The van der Waals surface area contributed by atoms with Crippen LogP contribution in [0.1, 0.15) is 0 Å². The van der Waals surface area contributed by atoms with Crippen molar-refractivity contribution in [3.05, 3.63) is 56.7 Å². The normalized spacial score (nSPS) is 10.4. The van der Waals surface area contributed by atoms with E-state index in [2.05, 4.69) is 4.98 Å². The minimum atomic E-state index is -1.11. The van der Waals surface area contributed by atoms with Gasteiger partial charge in [-0.1, -0.05) is 6.07 Å². The second-order valence-electron chi connectivity index (χ2n) is 3.10. The van der Waals surface area contributed by atoms with Crippen LogP contribution in [0, 0.1) is 11.6 Å². The fourth-order valence-electron chi connectivity index (χ4n) is 1.33. The molecule has 2 aromatic rings. The molecule has 0 saturated carbocycles.